The van der Waals surface area contributed by atoms with Gasteiger partial charge < -0.3 is 9.80 Å². The largest absolute Gasteiger partial charge is 0.338 e. The fourth-order valence-electron chi connectivity index (χ4n) is 4.21. The number of carbonyl (C=O) groups is 1. The van der Waals surface area contributed by atoms with E-state index in [-0.39, 0.29) is 5.91 Å². The average Bonchev–Trinajstić information content (AvgIpc) is 3.18. The van der Waals surface area contributed by atoms with Gasteiger partial charge in [0.25, 0.3) is 0 Å². The standard InChI is InChI=1S/C21H28N4OS/c26-20(14-17-16-27-21(23-17)19-9-2-4-10-22-19)25-13-7-3-8-18(25)15-24-11-5-1-6-12-24/h2,4,9-10,16,18H,1,3,5-8,11-15H2. The Bertz CT molecular complexity index is 742. The van der Waals surface area contributed by atoms with Gasteiger partial charge in [0.2, 0.25) is 5.91 Å². The summed E-state index contributed by atoms with van der Waals surface area (Å²) in [5, 5.41) is 2.90. The molecule has 6 heteroatoms. The van der Waals surface area contributed by atoms with E-state index in [0.717, 1.165) is 42.3 Å². The number of pyridine rings is 1. The third-order valence-corrected chi connectivity index (χ3v) is 6.55. The molecule has 2 aliphatic heterocycles. The summed E-state index contributed by atoms with van der Waals surface area (Å²) in [6.07, 6.45) is 9.64. The first-order chi connectivity index (χ1) is 13.3. The third-order valence-electron chi connectivity index (χ3n) is 5.63. The predicted octanol–water partition coefficient (Wildman–Crippen LogP) is 3.61. The van der Waals surface area contributed by atoms with Crippen molar-refractivity contribution >= 4 is 17.2 Å². The van der Waals surface area contributed by atoms with Crippen LogP contribution in [0.1, 0.15) is 44.2 Å². The molecule has 4 rings (SSSR count). The van der Waals surface area contributed by atoms with Gasteiger partial charge in [-0.2, -0.15) is 0 Å². The van der Waals surface area contributed by atoms with Crippen molar-refractivity contribution in [3.05, 3.63) is 35.5 Å². The number of rotatable bonds is 5. The molecule has 4 heterocycles. The summed E-state index contributed by atoms with van der Waals surface area (Å²) in [6.45, 7) is 4.33. The molecule has 0 spiro atoms. The first-order valence-corrected chi connectivity index (χ1v) is 11.1. The van der Waals surface area contributed by atoms with Crippen LogP contribution in [0, 0.1) is 0 Å². The van der Waals surface area contributed by atoms with Crippen molar-refractivity contribution in [2.45, 2.75) is 51.0 Å². The summed E-state index contributed by atoms with van der Waals surface area (Å²) in [6, 6.07) is 6.20. The lowest BCUT2D eigenvalue weighted by molar-refractivity contribution is -0.134. The zero-order valence-electron chi connectivity index (χ0n) is 15.8. The number of nitrogens with zero attached hydrogens (tertiary/aromatic N) is 4. The highest BCUT2D eigenvalue weighted by Gasteiger charge is 2.29. The summed E-state index contributed by atoms with van der Waals surface area (Å²) in [7, 11) is 0. The van der Waals surface area contributed by atoms with Gasteiger partial charge in [-0.1, -0.05) is 12.5 Å². The van der Waals surface area contributed by atoms with E-state index < -0.39 is 0 Å². The maximum absolute atomic E-state index is 13.0. The van der Waals surface area contributed by atoms with E-state index in [2.05, 4.69) is 19.8 Å². The van der Waals surface area contributed by atoms with E-state index in [1.165, 1.54) is 38.8 Å². The van der Waals surface area contributed by atoms with Crippen molar-refractivity contribution in [3.8, 4) is 10.7 Å². The van der Waals surface area contributed by atoms with Crippen LogP contribution in [0.4, 0.5) is 0 Å². The molecule has 0 N–H and O–H groups in total. The molecular weight excluding hydrogens is 356 g/mol. The van der Waals surface area contributed by atoms with Gasteiger partial charge in [-0.25, -0.2) is 4.98 Å². The highest BCUT2D eigenvalue weighted by molar-refractivity contribution is 7.13. The summed E-state index contributed by atoms with van der Waals surface area (Å²) in [5.74, 6) is 0.231. The number of aromatic nitrogens is 2. The van der Waals surface area contributed by atoms with Gasteiger partial charge in [-0.3, -0.25) is 9.78 Å². The summed E-state index contributed by atoms with van der Waals surface area (Å²) in [5.41, 5.74) is 1.75. The molecule has 0 radical (unpaired) electrons. The van der Waals surface area contributed by atoms with Crippen molar-refractivity contribution in [1.29, 1.82) is 0 Å². The third kappa shape index (κ3) is 4.74. The molecule has 1 atom stereocenters. The van der Waals surface area contributed by atoms with E-state index in [0.29, 0.717) is 12.5 Å². The smallest absolute Gasteiger partial charge is 0.228 e. The van der Waals surface area contributed by atoms with Crippen LogP contribution in [0.2, 0.25) is 0 Å². The fourth-order valence-corrected chi connectivity index (χ4v) is 5.01. The molecular formula is C21H28N4OS. The minimum Gasteiger partial charge on any atom is -0.338 e. The van der Waals surface area contributed by atoms with Crippen molar-refractivity contribution in [1.82, 2.24) is 19.8 Å². The second kappa shape index (κ2) is 8.93. The molecule has 144 valence electrons. The Balaban J connectivity index is 1.39. The van der Waals surface area contributed by atoms with E-state index in [4.69, 9.17) is 0 Å². The molecule has 2 saturated heterocycles. The number of likely N-dealkylation sites (tertiary alicyclic amines) is 2. The van der Waals surface area contributed by atoms with Crippen LogP contribution in [-0.2, 0) is 11.2 Å². The van der Waals surface area contributed by atoms with Crippen LogP contribution in [0.5, 0.6) is 0 Å². The molecule has 1 unspecified atom stereocenters. The normalized spacial score (nSPS) is 21.3. The first kappa shape index (κ1) is 18.6. The summed E-state index contributed by atoms with van der Waals surface area (Å²) >= 11 is 1.57. The molecule has 5 nitrogen and oxygen atoms in total. The number of hydrogen-bond acceptors (Lipinski definition) is 5. The van der Waals surface area contributed by atoms with Crippen molar-refractivity contribution in [2.24, 2.45) is 0 Å². The Morgan fingerprint density at radius 2 is 1.96 bits per heavy atom. The Kier molecular flexibility index (Phi) is 6.14. The molecule has 1 amide bonds. The molecule has 2 aliphatic rings. The Morgan fingerprint density at radius 1 is 1.11 bits per heavy atom. The van der Waals surface area contributed by atoms with Gasteiger partial charge in [0.1, 0.15) is 5.01 Å². The Hall–Kier alpha value is -1.79. The molecule has 0 aromatic carbocycles. The SMILES string of the molecule is O=C(Cc1csc(-c2ccccn2)n1)N1CCCCC1CN1CCCCC1. The highest BCUT2D eigenvalue weighted by Crippen LogP contribution is 2.24. The van der Waals surface area contributed by atoms with Gasteiger partial charge >= 0.3 is 0 Å². The van der Waals surface area contributed by atoms with Crippen LogP contribution in [0.25, 0.3) is 10.7 Å². The van der Waals surface area contributed by atoms with Gasteiger partial charge in [0, 0.05) is 30.7 Å². The lowest BCUT2D eigenvalue weighted by Gasteiger charge is -2.39. The predicted molar refractivity (Wildman–Crippen MR) is 109 cm³/mol. The fraction of sp³-hybridized carbons (Fsp3) is 0.571. The molecule has 0 aliphatic carbocycles. The van der Waals surface area contributed by atoms with E-state index in [1.807, 2.05) is 23.6 Å². The number of amides is 1. The molecule has 2 aromatic heterocycles. The zero-order valence-corrected chi connectivity index (χ0v) is 16.7. The Labute approximate surface area is 165 Å². The highest BCUT2D eigenvalue weighted by atomic mass is 32.1. The zero-order chi connectivity index (χ0) is 18.5. The topological polar surface area (TPSA) is 49.3 Å². The van der Waals surface area contributed by atoms with Gasteiger partial charge in [-0.05, 0) is 57.3 Å². The lowest BCUT2D eigenvalue weighted by Crippen LogP contribution is -2.50. The number of thiazole rings is 1. The minimum atomic E-state index is 0.231. The quantitative estimate of drug-likeness (QED) is 0.790. The van der Waals surface area contributed by atoms with Crippen molar-refractivity contribution < 1.29 is 4.79 Å². The molecule has 0 saturated carbocycles. The molecule has 2 aromatic rings. The number of piperidine rings is 2. The second-order valence-electron chi connectivity index (χ2n) is 7.63. The summed E-state index contributed by atoms with van der Waals surface area (Å²) < 4.78 is 0. The van der Waals surface area contributed by atoms with Crippen LogP contribution in [-0.4, -0.2) is 57.9 Å². The minimum absolute atomic E-state index is 0.231. The lowest BCUT2D eigenvalue weighted by atomic mass is 9.99. The van der Waals surface area contributed by atoms with E-state index >= 15 is 0 Å². The molecule has 27 heavy (non-hydrogen) atoms. The Morgan fingerprint density at radius 3 is 2.78 bits per heavy atom. The van der Waals surface area contributed by atoms with Gasteiger partial charge in [-0.15, -0.1) is 11.3 Å². The van der Waals surface area contributed by atoms with Crippen molar-refractivity contribution in [2.75, 3.05) is 26.2 Å². The van der Waals surface area contributed by atoms with Gasteiger partial charge in [0.15, 0.2) is 0 Å². The van der Waals surface area contributed by atoms with Gasteiger partial charge in [0.05, 0.1) is 17.8 Å². The van der Waals surface area contributed by atoms with E-state index in [1.54, 1.807) is 17.5 Å². The van der Waals surface area contributed by atoms with Crippen LogP contribution >= 0.6 is 11.3 Å². The van der Waals surface area contributed by atoms with Crippen molar-refractivity contribution in [3.63, 3.8) is 0 Å². The molecule has 2 fully saturated rings. The first-order valence-electron chi connectivity index (χ1n) is 10.2. The second-order valence-corrected chi connectivity index (χ2v) is 8.49. The number of hydrogen-bond donors (Lipinski definition) is 0. The van der Waals surface area contributed by atoms with E-state index in [9.17, 15) is 4.79 Å². The monoisotopic (exact) mass is 384 g/mol. The maximum atomic E-state index is 13.0. The van der Waals surface area contributed by atoms with Crippen LogP contribution in [0.15, 0.2) is 29.8 Å². The van der Waals surface area contributed by atoms with Crippen LogP contribution in [0.3, 0.4) is 0 Å². The van der Waals surface area contributed by atoms with Crippen LogP contribution < -0.4 is 0 Å². The summed E-state index contributed by atoms with van der Waals surface area (Å²) in [4.78, 5) is 26.7. The molecule has 0 bridgehead atoms. The number of carbonyl (C=O) groups excluding carboxylic acids is 1. The maximum Gasteiger partial charge on any atom is 0.228 e. The average molecular weight is 385 g/mol.